The Balaban J connectivity index is 2.53. The first kappa shape index (κ1) is 76.5. The summed E-state index contributed by atoms with van der Waals surface area (Å²) >= 11 is 0. The normalized spacial score (nSPS) is 15.0. The van der Waals surface area contributed by atoms with Crippen molar-refractivity contribution in [2.24, 2.45) is 57.3 Å². The molecule has 0 aliphatic heterocycles. The number of guanidine groups is 1. The van der Waals surface area contributed by atoms with Gasteiger partial charge in [0.05, 0.1) is 31.2 Å². The molecule has 0 aromatic carbocycles. The van der Waals surface area contributed by atoms with Crippen molar-refractivity contribution in [2.75, 3.05) is 13.1 Å². The number of hydrogen-bond acceptors (Lipinski definition) is 17. The first-order chi connectivity index (χ1) is 42.0. The largest absolute Gasteiger partial charge is 0.481 e. The fourth-order valence-electron chi connectivity index (χ4n) is 9.21. The number of amides is 10. The number of carboxylic acid groups (broad SMARTS) is 1. The Morgan fingerprint density at radius 1 is 0.551 bits per heavy atom. The Morgan fingerprint density at radius 2 is 0.966 bits per heavy atom. The summed E-state index contributed by atoms with van der Waals surface area (Å²) in [5.41, 5.74) is 29.4. The van der Waals surface area contributed by atoms with Crippen LogP contribution in [0.3, 0.4) is 0 Å². The maximum Gasteiger partial charge on any atom is 0.305 e. The van der Waals surface area contributed by atoms with Crippen molar-refractivity contribution in [3.8, 4) is 0 Å². The molecule has 0 saturated carbocycles. The van der Waals surface area contributed by atoms with E-state index in [0.29, 0.717) is 37.2 Å². The molecule has 0 bridgehead atoms. The molecule has 32 heteroatoms. The Hall–Kier alpha value is -8.55. The minimum Gasteiger partial charge on any atom is -0.481 e. The van der Waals surface area contributed by atoms with Gasteiger partial charge in [0.25, 0.3) is 0 Å². The van der Waals surface area contributed by atoms with Gasteiger partial charge >= 0.3 is 5.97 Å². The van der Waals surface area contributed by atoms with Crippen LogP contribution in [0.5, 0.6) is 0 Å². The number of nitrogens with zero attached hydrogens (tertiary/aromatic N) is 3. The van der Waals surface area contributed by atoms with Gasteiger partial charge in [0.15, 0.2) is 5.96 Å². The van der Waals surface area contributed by atoms with Gasteiger partial charge in [-0.1, -0.05) is 61.8 Å². The number of carbonyl (C=O) groups is 12. The van der Waals surface area contributed by atoms with Crippen LogP contribution in [0, 0.1) is 23.7 Å². The highest BCUT2D eigenvalue weighted by atomic mass is 16.4. The van der Waals surface area contributed by atoms with Crippen molar-refractivity contribution < 1.29 is 62.6 Å². The number of nitrogens with two attached hydrogens (primary N) is 5. The van der Waals surface area contributed by atoms with Crippen LogP contribution in [0.15, 0.2) is 30.0 Å². The molecule has 89 heavy (non-hydrogen) atoms. The van der Waals surface area contributed by atoms with Crippen molar-refractivity contribution >= 4 is 77.3 Å². The van der Waals surface area contributed by atoms with E-state index >= 15 is 0 Å². The van der Waals surface area contributed by atoms with Crippen LogP contribution in [0.2, 0.25) is 0 Å². The molecule has 0 saturated heterocycles. The highest BCUT2D eigenvalue weighted by Gasteiger charge is 2.37. The summed E-state index contributed by atoms with van der Waals surface area (Å²) in [5.74, 6) is -11.0. The van der Waals surface area contributed by atoms with Gasteiger partial charge in [-0.15, -0.1) is 0 Å². The molecule has 0 aliphatic carbocycles. The van der Waals surface area contributed by atoms with Gasteiger partial charge in [-0.2, -0.15) is 0 Å². The number of hydrogen-bond donors (Lipinski definition) is 17. The molecule has 2 aromatic heterocycles. The number of aromatic amines is 2. The number of aliphatic carboxylic acids is 1. The molecular formula is C57H97N19O13. The van der Waals surface area contributed by atoms with Crippen LogP contribution in [0.1, 0.15) is 144 Å². The summed E-state index contributed by atoms with van der Waals surface area (Å²) in [5, 5.41) is 33.0. The van der Waals surface area contributed by atoms with E-state index in [4.69, 9.17) is 28.7 Å². The van der Waals surface area contributed by atoms with E-state index in [1.165, 1.54) is 25.0 Å². The molecule has 2 heterocycles. The second-order valence-corrected chi connectivity index (χ2v) is 23.4. The molecule has 0 aliphatic rings. The number of aromatic nitrogens is 4. The second-order valence-electron chi connectivity index (χ2n) is 23.4. The summed E-state index contributed by atoms with van der Waals surface area (Å²) in [4.78, 5) is 180. The summed E-state index contributed by atoms with van der Waals surface area (Å²) in [6.07, 6.45) is 5.90. The topological polar surface area (TPSA) is 533 Å². The number of rotatable bonds is 44. The highest BCUT2D eigenvalue weighted by Crippen LogP contribution is 2.16. The molecule has 10 amide bonds. The van der Waals surface area contributed by atoms with Gasteiger partial charge in [-0.05, 0) is 88.0 Å². The lowest BCUT2D eigenvalue weighted by atomic mass is 9.96. The lowest BCUT2D eigenvalue weighted by Crippen LogP contribution is -2.61. The lowest BCUT2D eigenvalue weighted by Gasteiger charge is -2.30. The van der Waals surface area contributed by atoms with Crippen LogP contribution in [0.25, 0.3) is 0 Å². The number of carboxylic acids is 1. The van der Waals surface area contributed by atoms with Gasteiger partial charge < -0.3 is 96.4 Å². The molecule has 0 unspecified atom stereocenters. The Kier molecular flexibility index (Phi) is 34.5. The fraction of sp³-hybridized carbons (Fsp3) is 0.667. The summed E-state index contributed by atoms with van der Waals surface area (Å²) in [7, 11) is 0. The third-order valence-electron chi connectivity index (χ3n) is 14.1. The van der Waals surface area contributed by atoms with Crippen molar-refractivity contribution in [2.45, 2.75) is 206 Å². The summed E-state index contributed by atoms with van der Waals surface area (Å²) < 4.78 is 0. The molecule has 32 nitrogen and oxygen atoms in total. The number of imidazole rings is 2. The van der Waals surface area contributed by atoms with Gasteiger partial charge in [-0.25, -0.2) is 9.97 Å². The summed E-state index contributed by atoms with van der Waals surface area (Å²) in [6.45, 7) is 14.5. The number of unbranched alkanes of at least 4 members (excludes halogenated alkanes) is 1. The molecule has 0 spiro atoms. The number of carbonyl (C=O) groups excluding carboxylic acids is 11. The van der Waals surface area contributed by atoms with E-state index in [-0.39, 0.29) is 94.3 Å². The zero-order chi connectivity index (χ0) is 66.9. The fourth-order valence-corrected chi connectivity index (χ4v) is 9.21. The van der Waals surface area contributed by atoms with E-state index < -0.39 is 144 Å². The number of primary amides is 1. The van der Waals surface area contributed by atoms with Crippen LogP contribution in [-0.4, -0.2) is 176 Å². The van der Waals surface area contributed by atoms with E-state index in [1.807, 2.05) is 20.8 Å². The Labute approximate surface area is 518 Å². The van der Waals surface area contributed by atoms with Crippen LogP contribution in [0.4, 0.5) is 0 Å². The van der Waals surface area contributed by atoms with Crippen molar-refractivity contribution in [1.82, 2.24) is 67.8 Å². The van der Waals surface area contributed by atoms with Crippen molar-refractivity contribution in [3.63, 3.8) is 0 Å². The third-order valence-corrected chi connectivity index (χ3v) is 14.1. The van der Waals surface area contributed by atoms with Crippen LogP contribution < -0.4 is 76.5 Å². The van der Waals surface area contributed by atoms with Gasteiger partial charge in [-0.3, -0.25) is 57.7 Å². The molecular weight excluding hydrogens is 1160 g/mol. The first-order valence-electron chi connectivity index (χ1n) is 30.1. The maximum absolute atomic E-state index is 14.7. The van der Waals surface area contributed by atoms with Crippen LogP contribution in [-0.2, 0) is 70.4 Å². The monoisotopic (exact) mass is 1260 g/mol. The predicted molar refractivity (Wildman–Crippen MR) is 327 cm³/mol. The molecule has 0 radical (unpaired) electrons. The van der Waals surface area contributed by atoms with E-state index in [2.05, 4.69) is 72.8 Å². The standard InChI is InChI=1S/C57H97N19O13/c1-9-33(8)47(76-51(84)38(13-10-11-17-58)69-48(81)37(59)22-34-25-63-28-66-34)56(89)75-43(21-32(6)7)54(87)74-44(23-35-26-64-29-67-35)55(88)70-39(14-12-18-65-57(61)62)50(83)72-42(20-31(4)5)53(86)73-41(19-30(2)3)52(85)71-40(15-16-45(60)78)49(82)68-36(27-77)24-46(79)80/h25-33,36-44,47H,9-24,58-59H2,1-8H3,(H2,60,78)(H,63,66)(H,64,67)(H,68,82)(H,69,81)(H,70,88)(H,71,85)(H,72,83)(H,73,86)(H,74,87)(H,75,89)(H,76,84)(H,79,80)(H4,61,62,65)/t33-,36-,37-,38-,39-,40-,41-,42-,43-,44-,47-/m0/s1. The number of H-pyrrole nitrogens is 2. The highest BCUT2D eigenvalue weighted by molar-refractivity contribution is 5.99. The number of aldehydes is 1. The molecule has 22 N–H and O–H groups in total. The quantitative estimate of drug-likeness (QED) is 0.0135. The summed E-state index contributed by atoms with van der Waals surface area (Å²) in [6, 6.07) is -13.3. The number of aliphatic imine (C=N–C) groups is 1. The lowest BCUT2D eigenvalue weighted by molar-refractivity contribution is -0.139. The SMILES string of the molecule is CC[C@H](C)[C@H](NC(=O)[C@H](CCCCN)NC(=O)[C@@H](N)Cc1cnc[nH]1)C(=O)N[C@@H](CC(C)C)C(=O)N[C@@H](Cc1cnc[nH]1)C(=O)N[C@@H](CCCN=C(N)N)C(=O)N[C@@H](CC(C)C)C(=O)N[C@@H](CC(C)C)C(=O)N[C@@H](CCC(N)=O)C(=O)N[C@H](C=O)CC(=O)O. The molecule has 0 fully saturated rings. The van der Waals surface area contributed by atoms with Crippen molar-refractivity contribution in [3.05, 3.63) is 36.4 Å². The van der Waals surface area contributed by atoms with Gasteiger partial charge in [0.1, 0.15) is 54.6 Å². The second kappa shape index (κ2) is 40.1. The van der Waals surface area contributed by atoms with Gasteiger partial charge in [0.2, 0.25) is 59.1 Å². The molecule has 498 valence electrons. The van der Waals surface area contributed by atoms with E-state index in [1.54, 1.807) is 34.6 Å². The smallest absolute Gasteiger partial charge is 0.305 e. The van der Waals surface area contributed by atoms with Crippen molar-refractivity contribution in [1.29, 1.82) is 0 Å². The maximum atomic E-state index is 14.7. The van der Waals surface area contributed by atoms with Crippen LogP contribution >= 0.6 is 0 Å². The zero-order valence-electron chi connectivity index (χ0n) is 52.4. The van der Waals surface area contributed by atoms with E-state index in [9.17, 15) is 62.6 Å². The Bertz CT molecular complexity index is 2630. The van der Waals surface area contributed by atoms with Gasteiger partial charge in [0, 0.05) is 49.6 Å². The minimum absolute atomic E-state index is 0.000459. The minimum atomic E-state index is -1.51. The average Bonchev–Trinajstić information content (AvgIpc) is 3.02. The predicted octanol–water partition coefficient (Wildman–Crippen LogP) is -3.09. The number of nitrogens with one attached hydrogen (secondary N) is 11. The molecule has 11 atom stereocenters. The average molecular weight is 1260 g/mol. The molecule has 2 aromatic rings. The zero-order valence-corrected chi connectivity index (χ0v) is 52.4. The third kappa shape index (κ3) is 29.8. The molecule has 2 rings (SSSR count). The van der Waals surface area contributed by atoms with E-state index in [0.717, 1.165) is 0 Å². The first-order valence-corrected chi connectivity index (χ1v) is 30.1. The Morgan fingerprint density at radius 3 is 1.40 bits per heavy atom.